The highest BCUT2D eigenvalue weighted by Gasteiger charge is 2.11. The van der Waals surface area contributed by atoms with Crippen molar-refractivity contribution in [1.82, 2.24) is 15.2 Å². The van der Waals surface area contributed by atoms with Crippen molar-refractivity contribution < 1.29 is 14.3 Å². The van der Waals surface area contributed by atoms with Gasteiger partial charge in [0.1, 0.15) is 11.4 Å². The molecule has 0 unspecified atom stereocenters. The van der Waals surface area contributed by atoms with Gasteiger partial charge in [-0.1, -0.05) is 13.8 Å². The van der Waals surface area contributed by atoms with Crippen LogP contribution in [0.2, 0.25) is 0 Å². The number of ether oxygens (including phenoxy) is 1. The zero-order chi connectivity index (χ0) is 13.8. The minimum absolute atomic E-state index is 0.164. The lowest BCUT2D eigenvalue weighted by Crippen LogP contribution is -2.01. The molecule has 0 aromatic carbocycles. The molecule has 0 aliphatic heterocycles. The third-order valence-electron chi connectivity index (χ3n) is 2.55. The average Bonchev–Trinajstić information content (AvgIpc) is 2.86. The molecule has 2 rings (SSSR count). The first-order valence-corrected chi connectivity index (χ1v) is 6.12. The number of hydrogen-bond acceptors (Lipinski definition) is 6. The molecule has 0 aliphatic rings. The van der Waals surface area contributed by atoms with Gasteiger partial charge >= 0.3 is 0 Å². The van der Waals surface area contributed by atoms with Gasteiger partial charge in [-0.15, -0.1) is 10.2 Å². The summed E-state index contributed by atoms with van der Waals surface area (Å²) in [7, 11) is 0. The van der Waals surface area contributed by atoms with Crippen LogP contribution >= 0.6 is 0 Å². The normalized spacial score (nSPS) is 11.0. The maximum atomic E-state index is 9.22. The Kier molecular flexibility index (Phi) is 4.11. The molecule has 0 saturated heterocycles. The summed E-state index contributed by atoms with van der Waals surface area (Å²) in [4.78, 5) is 4.20. The second-order valence-corrected chi connectivity index (χ2v) is 4.53. The number of aryl methyl sites for hydroxylation is 1. The lowest BCUT2D eigenvalue weighted by Gasteiger charge is -2.08. The highest BCUT2D eigenvalue weighted by atomic mass is 16.5. The van der Waals surface area contributed by atoms with E-state index in [9.17, 15) is 5.11 Å². The molecular weight excluding hydrogens is 246 g/mol. The highest BCUT2D eigenvalue weighted by molar-refractivity contribution is 5.28. The molecule has 2 aromatic rings. The van der Waals surface area contributed by atoms with Crippen molar-refractivity contribution >= 4 is 0 Å². The van der Waals surface area contributed by atoms with Gasteiger partial charge in [0.05, 0.1) is 6.61 Å². The van der Waals surface area contributed by atoms with E-state index in [0.717, 1.165) is 5.69 Å². The first-order chi connectivity index (χ1) is 9.10. The highest BCUT2D eigenvalue weighted by Crippen LogP contribution is 2.19. The second kappa shape index (κ2) is 5.79. The monoisotopic (exact) mass is 263 g/mol. The van der Waals surface area contributed by atoms with Gasteiger partial charge in [-0.05, 0) is 19.1 Å². The smallest absolute Gasteiger partial charge is 0.253 e. The molecule has 0 aliphatic carbocycles. The maximum absolute atomic E-state index is 9.22. The summed E-state index contributed by atoms with van der Waals surface area (Å²) < 4.78 is 11.0. The summed E-state index contributed by atoms with van der Waals surface area (Å²) in [6.45, 7) is 5.81. The number of rotatable bonds is 5. The van der Waals surface area contributed by atoms with Gasteiger partial charge in [0, 0.05) is 11.6 Å². The van der Waals surface area contributed by atoms with Crippen molar-refractivity contribution in [2.24, 2.45) is 0 Å². The molecule has 2 aromatic heterocycles. The molecule has 0 amide bonds. The van der Waals surface area contributed by atoms with Gasteiger partial charge in [0.2, 0.25) is 5.89 Å². The van der Waals surface area contributed by atoms with Crippen LogP contribution in [0.5, 0.6) is 5.75 Å². The Morgan fingerprint density at radius 3 is 2.74 bits per heavy atom. The molecule has 6 heteroatoms. The molecule has 6 nitrogen and oxygen atoms in total. The van der Waals surface area contributed by atoms with Gasteiger partial charge in [0.15, 0.2) is 6.61 Å². The van der Waals surface area contributed by atoms with E-state index in [0.29, 0.717) is 23.2 Å². The van der Waals surface area contributed by atoms with E-state index in [1.165, 1.54) is 0 Å². The number of aromatic nitrogens is 3. The van der Waals surface area contributed by atoms with Crippen molar-refractivity contribution in [2.45, 2.75) is 39.9 Å². The molecule has 1 N–H and O–H groups in total. The Morgan fingerprint density at radius 1 is 1.32 bits per heavy atom. The van der Waals surface area contributed by atoms with Gasteiger partial charge in [-0.25, -0.2) is 0 Å². The third kappa shape index (κ3) is 3.29. The number of aliphatic hydroxyl groups is 1. The molecule has 19 heavy (non-hydrogen) atoms. The molecule has 0 bridgehead atoms. The van der Waals surface area contributed by atoms with E-state index in [-0.39, 0.29) is 19.1 Å². The van der Waals surface area contributed by atoms with Crippen LogP contribution < -0.4 is 4.74 Å². The minimum atomic E-state index is -0.169. The standard InChI is InChI=1S/C13H17N3O3/c1-8(2)13-16-15-12(19-13)7-18-11-5-4-9(3)14-10(11)6-17/h4-5,8,17H,6-7H2,1-3H3. The van der Waals surface area contributed by atoms with Crippen molar-refractivity contribution in [1.29, 1.82) is 0 Å². The van der Waals surface area contributed by atoms with E-state index in [1.807, 2.05) is 26.8 Å². The Morgan fingerprint density at radius 2 is 2.11 bits per heavy atom. The molecule has 0 atom stereocenters. The van der Waals surface area contributed by atoms with Crippen molar-refractivity contribution in [3.63, 3.8) is 0 Å². The van der Waals surface area contributed by atoms with E-state index < -0.39 is 0 Å². The molecule has 102 valence electrons. The lowest BCUT2D eigenvalue weighted by atomic mass is 10.2. The summed E-state index contributed by atoms with van der Waals surface area (Å²) in [5.41, 5.74) is 1.33. The van der Waals surface area contributed by atoms with Crippen LogP contribution in [0, 0.1) is 6.92 Å². The second-order valence-electron chi connectivity index (χ2n) is 4.53. The summed E-state index contributed by atoms with van der Waals surface area (Å²) in [6.07, 6.45) is 0. The summed E-state index contributed by atoms with van der Waals surface area (Å²) >= 11 is 0. The Bertz CT molecular complexity index is 552. The van der Waals surface area contributed by atoms with Crippen molar-refractivity contribution in [2.75, 3.05) is 0 Å². The topological polar surface area (TPSA) is 81.3 Å². The summed E-state index contributed by atoms with van der Waals surface area (Å²) in [5.74, 6) is 1.71. The third-order valence-corrected chi connectivity index (χ3v) is 2.55. The Balaban J connectivity index is 2.05. The fourth-order valence-corrected chi connectivity index (χ4v) is 1.54. The molecular formula is C13H17N3O3. The van der Waals surface area contributed by atoms with Crippen LogP contribution in [0.1, 0.15) is 42.9 Å². The fraction of sp³-hybridized carbons (Fsp3) is 0.462. The van der Waals surface area contributed by atoms with Gasteiger partial charge in [-0.2, -0.15) is 0 Å². The molecule has 2 heterocycles. The zero-order valence-electron chi connectivity index (χ0n) is 11.3. The SMILES string of the molecule is Cc1ccc(OCc2nnc(C(C)C)o2)c(CO)n1. The number of hydrogen-bond donors (Lipinski definition) is 1. The van der Waals surface area contributed by atoms with Crippen LogP contribution in [0.3, 0.4) is 0 Å². The molecule has 0 spiro atoms. The summed E-state index contributed by atoms with van der Waals surface area (Å²) in [5, 5.41) is 17.0. The van der Waals surface area contributed by atoms with Crippen LogP contribution in [0.4, 0.5) is 0 Å². The first-order valence-electron chi connectivity index (χ1n) is 6.12. The number of aliphatic hydroxyl groups excluding tert-OH is 1. The van der Waals surface area contributed by atoms with Crippen molar-refractivity contribution in [3.8, 4) is 5.75 Å². The predicted molar refractivity (Wildman–Crippen MR) is 67.6 cm³/mol. The average molecular weight is 263 g/mol. The quantitative estimate of drug-likeness (QED) is 0.888. The van der Waals surface area contributed by atoms with Crippen LogP contribution in [0.15, 0.2) is 16.5 Å². The lowest BCUT2D eigenvalue weighted by molar-refractivity contribution is 0.234. The van der Waals surface area contributed by atoms with Gasteiger partial charge < -0.3 is 14.3 Å². The largest absolute Gasteiger partial charge is 0.482 e. The van der Waals surface area contributed by atoms with Gasteiger partial charge in [0.25, 0.3) is 5.89 Å². The van der Waals surface area contributed by atoms with Crippen molar-refractivity contribution in [3.05, 3.63) is 35.3 Å². The van der Waals surface area contributed by atoms with Crippen LogP contribution in [0.25, 0.3) is 0 Å². The maximum Gasteiger partial charge on any atom is 0.253 e. The Hall–Kier alpha value is -1.95. The first kappa shape index (κ1) is 13.5. The van der Waals surface area contributed by atoms with E-state index in [2.05, 4.69) is 15.2 Å². The van der Waals surface area contributed by atoms with Crippen LogP contribution in [-0.2, 0) is 13.2 Å². The van der Waals surface area contributed by atoms with E-state index in [4.69, 9.17) is 9.15 Å². The predicted octanol–water partition coefficient (Wildman–Crippen LogP) is 1.97. The molecule has 0 fully saturated rings. The fourth-order valence-electron chi connectivity index (χ4n) is 1.54. The van der Waals surface area contributed by atoms with E-state index in [1.54, 1.807) is 6.07 Å². The Labute approximate surface area is 111 Å². The zero-order valence-corrected chi connectivity index (χ0v) is 11.3. The van der Waals surface area contributed by atoms with E-state index >= 15 is 0 Å². The molecule has 0 saturated carbocycles. The minimum Gasteiger partial charge on any atom is -0.482 e. The van der Waals surface area contributed by atoms with Gasteiger partial charge in [-0.3, -0.25) is 4.98 Å². The number of pyridine rings is 1. The van der Waals surface area contributed by atoms with Crippen LogP contribution in [-0.4, -0.2) is 20.3 Å². The number of nitrogens with zero attached hydrogens (tertiary/aromatic N) is 3. The molecule has 0 radical (unpaired) electrons. The summed E-state index contributed by atoms with van der Waals surface area (Å²) in [6, 6.07) is 3.59.